The van der Waals surface area contributed by atoms with E-state index in [2.05, 4.69) is 10.2 Å². The monoisotopic (exact) mass is 352 g/mol. The molecule has 0 aliphatic heterocycles. The molecule has 130 valence electrons. The Hall–Kier alpha value is -2.09. The second-order valence-electron chi connectivity index (χ2n) is 5.62. The van der Waals surface area contributed by atoms with Crippen molar-refractivity contribution in [3.8, 4) is 5.75 Å². The summed E-state index contributed by atoms with van der Waals surface area (Å²) in [6, 6.07) is 4.92. The number of hydrogen-bond donors (Lipinski definition) is 0. The molecule has 2 aromatic rings. The second-order valence-corrected chi connectivity index (χ2v) is 6.56. The molecule has 0 bridgehead atoms. The quantitative estimate of drug-likeness (QED) is 0.717. The van der Waals surface area contributed by atoms with E-state index in [0.29, 0.717) is 17.3 Å². The van der Waals surface area contributed by atoms with Crippen molar-refractivity contribution >= 4 is 17.7 Å². The van der Waals surface area contributed by atoms with Crippen molar-refractivity contribution in [2.75, 3.05) is 19.9 Å². The lowest BCUT2D eigenvalue weighted by Gasteiger charge is -2.17. The van der Waals surface area contributed by atoms with Gasteiger partial charge in [-0.1, -0.05) is 17.8 Å². The highest BCUT2D eigenvalue weighted by atomic mass is 32.2. The van der Waals surface area contributed by atoms with Gasteiger partial charge in [-0.3, -0.25) is 4.79 Å². The minimum atomic E-state index is -0.435. The van der Waals surface area contributed by atoms with Crippen LogP contribution in [0.4, 0.5) is 4.39 Å². The molecule has 0 spiro atoms. The predicted molar refractivity (Wildman–Crippen MR) is 90.6 cm³/mol. The van der Waals surface area contributed by atoms with Gasteiger partial charge < -0.3 is 14.2 Å². The highest BCUT2D eigenvalue weighted by Gasteiger charge is 2.14. The molecule has 8 heteroatoms. The Morgan fingerprint density at radius 2 is 2.21 bits per heavy atom. The van der Waals surface area contributed by atoms with Crippen LogP contribution in [0.15, 0.2) is 29.7 Å². The van der Waals surface area contributed by atoms with E-state index in [1.807, 2.05) is 18.4 Å². The summed E-state index contributed by atoms with van der Waals surface area (Å²) in [4.78, 5) is 13.8. The Balaban J connectivity index is 1.92. The lowest BCUT2D eigenvalue weighted by molar-refractivity contribution is -0.127. The summed E-state index contributed by atoms with van der Waals surface area (Å²) in [5.41, 5.74) is 0.708. The number of carbonyl (C=O) groups is 1. The minimum absolute atomic E-state index is 0.0606. The largest absolute Gasteiger partial charge is 0.494 e. The number of amides is 1. The smallest absolute Gasteiger partial charge is 0.233 e. The van der Waals surface area contributed by atoms with E-state index in [4.69, 9.17) is 4.74 Å². The van der Waals surface area contributed by atoms with Gasteiger partial charge in [0, 0.05) is 19.6 Å². The minimum Gasteiger partial charge on any atom is -0.494 e. The summed E-state index contributed by atoms with van der Waals surface area (Å²) in [7, 11) is 3.11. The first-order valence-corrected chi connectivity index (χ1v) is 8.49. The summed E-state index contributed by atoms with van der Waals surface area (Å²) in [6.45, 7) is 4.39. The van der Waals surface area contributed by atoms with Crippen LogP contribution in [0, 0.1) is 5.82 Å². The maximum Gasteiger partial charge on any atom is 0.233 e. The molecular formula is C16H21FN4O2S. The van der Waals surface area contributed by atoms with Gasteiger partial charge in [-0.2, -0.15) is 0 Å². The first-order chi connectivity index (χ1) is 11.4. The van der Waals surface area contributed by atoms with Crippen LogP contribution in [-0.2, 0) is 11.3 Å². The van der Waals surface area contributed by atoms with Crippen molar-refractivity contribution in [3.05, 3.63) is 35.9 Å². The lowest BCUT2D eigenvalue weighted by Crippen LogP contribution is -2.28. The molecule has 6 nitrogen and oxygen atoms in total. The number of rotatable bonds is 7. The molecule has 0 radical (unpaired) electrons. The fourth-order valence-electron chi connectivity index (χ4n) is 2.10. The number of thioether (sulfide) groups is 1. The summed E-state index contributed by atoms with van der Waals surface area (Å²) < 4.78 is 20.5. The number of ether oxygens (including phenoxy) is 1. The average Bonchev–Trinajstić information content (AvgIpc) is 3.01. The first-order valence-electron chi connectivity index (χ1n) is 7.51. The Labute approximate surface area is 145 Å². The van der Waals surface area contributed by atoms with Crippen LogP contribution >= 0.6 is 11.8 Å². The third kappa shape index (κ3) is 4.47. The normalized spacial score (nSPS) is 10.9. The van der Waals surface area contributed by atoms with E-state index in [0.717, 1.165) is 0 Å². The molecule has 1 aromatic heterocycles. The van der Waals surface area contributed by atoms with Crippen molar-refractivity contribution in [2.45, 2.75) is 31.6 Å². The molecule has 2 rings (SSSR count). The van der Waals surface area contributed by atoms with Gasteiger partial charge in [-0.05, 0) is 31.5 Å². The van der Waals surface area contributed by atoms with Gasteiger partial charge in [0.2, 0.25) is 5.91 Å². The van der Waals surface area contributed by atoms with Crippen LogP contribution in [0.1, 0.15) is 25.5 Å². The van der Waals surface area contributed by atoms with E-state index >= 15 is 0 Å². The van der Waals surface area contributed by atoms with Gasteiger partial charge in [0.05, 0.1) is 12.9 Å². The molecule has 0 aliphatic carbocycles. The Morgan fingerprint density at radius 1 is 1.46 bits per heavy atom. The molecule has 1 heterocycles. The summed E-state index contributed by atoms with van der Waals surface area (Å²) in [6.07, 6.45) is 1.65. The summed E-state index contributed by atoms with van der Waals surface area (Å²) in [5.74, 6) is -0.0540. The molecule has 0 aliphatic rings. The standard InChI is InChI=1S/C16H21FN4O2S/c1-11(2)21-10-18-19-16(21)24-9-15(22)20(3)8-12-5-6-14(23-4)13(17)7-12/h5-7,10-11H,8-9H2,1-4H3. The van der Waals surface area contributed by atoms with Crippen LogP contribution in [0.2, 0.25) is 0 Å². The van der Waals surface area contributed by atoms with Gasteiger partial charge in [-0.15, -0.1) is 10.2 Å². The molecular weight excluding hydrogens is 331 g/mol. The van der Waals surface area contributed by atoms with E-state index in [1.165, 1.54) is 24.9 Å². The average molecular weight is 352 g/mol. The SMILES string of the molecule is COc1ccc(CN(C)C(=O)CSc2nncn2C(C)C)cc1F. The van der Waals surface area contributed by atoms with Gasteiger partial charge in [0.25, 0.3) is 0 Å². The predicted octanol–water partition coefficient (Wildman–Crippen LogP) is 2.76. The molecule has 0 saturated heterocycles. The van der Waals surface area contributed by atoms with E-state index in [-0.39, 0.29) is 23.5 Å². The van der Waals surface area contributed by atoms with Crippen molar-refractivity contribution in [3.63, 3.8) is 0 Å². The topological polar surface area (TPSA) is 60.2 Å². The number of benzene rings is 1. The molecule has 0 unspecified atom stereocenters. The number of methoxy groups -OCH3 is 1. The molecule has 1 aromatic carbocycles. The van der Waals surface area contributed by atoms with E-state index in [9.17, 15) is 9.18 Å². The first kappa shape index (κ1) is 18.3. The second kappa shape index (κ2) is 8.14. The molecule has 0 atom stereocenters. The van der Waals surface area contributed by atoms with E-state index < -0.39 is 5.82 Å². The van der Waals surface area contributed by atoms with Crippen molar-refractivity contribution in [1.82, 2.24) is 19.7 Å². The Morgan fingerprint density at radius 3 is 2.83 bits per heavy atom. The molecule has 0 saturated carbocycles. The molecule has 1 amide bonds. The number of carbonyl (C=O) groups excluding carboxylic acids is 1. The fourth-order valence-corrected chi connectivity index (χ4v) is 3.08. The number of hydrogen-bond acceptors (Lipinski definition) is 5. The van der Waals surface area contributed by atoms with Gasteiger partial charge in [0.15, 0.2) is 16.7 Å². The lowest BCUT2D eigenvalue weighted by atomic mass is 10.2. The maximum atomic E-state index is 13.7. The zero-order chi connectivity index (χ0) is 17.7. The Bertz CT molecular complexity index is 705. The van der Waals surface area contributed by atoms with Gasteiger partial charge >= 0.3 is 0 Å². The summed E-state index contributed by atoms with van der Waals surface area (Å²) >= 11 is 1.34. The highest BCUT2D eigenvalue weighted by Crippen LogP contribution is 2.21. The van der Waals surface area contributed by atoms with Crippen LogP contribution in [0.3, 0.4) is 0 Å². The summed E-state index contributed by atoms with van der Waals surface area (Å²) in [5, 5.41) is 8.61. The fraction of sp³-hybridized carbons (Fsp3) is 0.438. The van der Waals surface area contributed by atoms with Gasteiger partial charge in [-0.25, -0.2) is 4.39 Å². The zero-order valence-electron chi connectivity index (χ0n) is 14.2. The maximum absolute atomic E-state index is 13.7. The van der Waals surface area contributed by atoms with Crippen molar-refractivity contribution < 1.29 is 13.9 Å². The third-order valence-corrected chi connectivity index (χ3v) is 4.42. The molecule has 0 fully saturated rings. The number of halogens is 1. The van der Waals surface area contributed by atoms with Gasteiger partial charge in [0.1, 0.15) is 6.33 Å². The third-order valence-electron chi connectivity index (χ3n) is 3.48. The zero-order valence-corrected chi connectivity index (χ0v) is 15.0. The van der Waals surface area contributed by atoms with E-state index in [1.54, 1.807) is 30.4 Å². The van der Waals surface area contributed by atoms with Crippen molar-refractivity contribution in [2.24, 2.45) is 0 Å². The number of nitrogens with zero attached hydrogens (tertiary/aromatic N) is 4. The van der Waals surface area contributed by atoms with Crippen LogP contribution in [0.5, 0.6) is 5.75 Å². The van der Waals surface area contributed by atoms with Crippen LogP contribution in [-0.4, -0.2) is 45.5 Å². The molecule has 24 heavy (non-hydrogen) atoms. The molecule has 0 N–H and O–H groups in total. The Kier molecular flexibility index (Phi) is 6.19. The van der Waals surface area contributed by atoms with Crippen LogP contribution < -0.4 is 4.74 Å². The highest BCUT2D eigenvalue weighted by molar-refractivity contribution is 7.99. The van der Waals surface area contributed by atoms with Crippen LogP contribution in [0.25, 0.3) is 0 Å². The number of aromatic nitrogens is 3. The van der Waals surface area contributed by atoms with Crippen molar-refractivity contribution in [1.29, 1.82) is 0 Å².